The molecule has 0 fully saturated rings. The molecule has 1 nitrogen and oxygen atoms in total. The molecule has 45 heavy (non-hydrogen) atoms. The zero-order valence-corrected chi connectivity index (χ0v) is 27.6. The molecule has 0 amide bonds. The lowest BCUT2D eigenvalue weighted by molar-refractivity contribution is -0.0959. The van der Waals surface area contributed by atoms with Crippen molar-refractivity contribution in [1.82, 2.24) is 0 Å². The van der Waals surface area contributed by atoms with Gasteiger partial charge in [0.15, 0.2) is 11.6 Å². The normalized spacial score (nSPS) is 14.0. The van der Waals surface area contributed by atoms with Gasteiger partial charge in [0.05, 0.1) is 5.57 Å². The van der Waals surface area contributed by atoms with Gasteiger partial charge in [0, 0.05) is 16.7 Å². The van der Waals surface area contributed by atoms with Crippen LogP contribution in [-0.2, 0) is 6.42 Å². The van der Waals surface area contributed by atoms with Crippen LogP contribution in [0.15, 0.2) is 64.8 Å². The summed E-state index contributed by atoms with van der Waals surface area (Å²) in [5, 5.41) is 0.698. The minimum atomic E-state index is -4.94. The fourth-order valence-electron chi connectivity index (χ4n) is 4.57. The van der Waals surface area contributed by atoms with Crippen LogP contribution in [-0.4, -0.2) is 18.1 Å². The molecule has 1 unspecified atom stereocenters. The van der Waals surface area contributed by atoms with Crippen LogP contribution < -0.4 is 0 Å². The number of hydrogen-bond donors (Lipinski definition) is 0. The second-order valence-corrected chi connectivity index (χ2v) is 11.3. The number of rotatable bonds is 11. The topological polar surface area (TPSA) is 12.4 Å². The minimum Gasteiger partial charge on any atom is -0.253 e. The molecule has 250 valence electrons. The Morgan fingerprint density at radius 1 is 0.911 bits per heavy atom. The summed E-state index contributed by atoms with van der Waals surface area (Å²) < 4.78 is 103. The highest BCUT2D eigenvalue weighted by atomic mass is 35.5. The first-order valence-corrected chi connectivity index (χ1v) is 15.2. The van der Waals surface area contributed by atoms with Gasteiger partial charge >= 0.3 is 12.4 Å². The lowest BCUT2D eigenvalue weighted by Gasteiger charge is -2.22. The predicted molar refractivity (Wildman–Crippen MR) is 170 cm³/mol. The van der Waals surface area contributed by atoms with Gasteiger partial charge in [-0.15, -0.1) is 0 Å². The van der Waals surface area contributed by atoms with E-state index >= 15 is 0 Å². The Bertz CT molecular complexity index is 1400. The number of hydrogen-bond acceptors (Lipinski definition) is 1. The fraction of sp³-hybridized carbons (Fsp3) is 0.457. The molecule has 10 heteroatoms. The summed E-state index contributed by atoms with van der Waals surface area (Å²) in [5.41, 5.74) is 2.33. The van der Waals surface area contributed by atoms with Crippen LogP contribution in [0, 0.1) is 18.6 Å². The van der Waals surface area contributed by atoms with Crippen molar-refractivity contribution in [2.24, 2.45) is 4.99 Å². The number of aliphatic imine (C=N–C) groups is 1. The molecule has 0 bridgehead atoms. The zero-order chi connectivity index (χ0) is 34.7. The van der Waals surface area contributed by atoms with Crippen molar-refractivity contribution in [3.05, 3.63) is 98.7 Å². The average Bonchev–Trinajstić information content (AvgIpc) is 2.95. The lowest BCUT2D eigenvalue weighted by atomic mass is 9.84. The molecule has 2 aromatic carbocycles. The van der Waals surface area contributed by atoms with E-state index in [0.717, 1.165) is 36.8 Å². The molecule has 0 heterocycles. The standard InChI is InChI=1S/C24H29ClF2.C11H13F6N/c1-6-8-9-20(22-14-19(25)12-11-18(22)7-2)16(4)17(5)21-13-10-15(3)23(26)24(21)27;1-4-5-8(3)18-9(11(15,16)17)6-7(2)10(12,13)14/h10-14,17H,6-9H2,1-5H3;6H,2,4-5H2,1,3H3/b20-16+;9-6-,18-8?. The van der Waals surface area contributed by atoms with Gasteiger partial charge in [0.1, 0.15) is 5.70 Å². The number of aryl methyl sites for hydroxylation is 2. The lowest BCUT2D eigenvalue weighted by Crippen LogP contribution is -2.15. The van der Waals surface area contributed by atoms with Crippen LogP contribution in [0.2, 0.25) is 5.02 Å². The smallest absolute Gasteiger partial charge is 0.253 e. The van der Waals surface area contributed by atoms with Gasteiger partial charge in [-0.2, -0.15) is 26.3 Å². The van der Waals surface area contributed by atoms with Gasteiger partial charge in [0.2, 0.25) is 0 Å². The molecular formula is C35H42ClF8N. The van der Waals surface area contributed by atoms with Crippen molar-refractivity contribution < 1.29 is 35.1 Å². The van der Waals surface area contributed by atoms with Crippen molar-refractivity contribution in [3.8, 4) is 0 Å². The van der Waals surface area contributed by atoms with Crippen LogP contribution in [0.25, 0.3) is 5.57 Å². The number of halogens is 9. The first-order valence-electron chi connectivity index (χ1n) is 14.8. The molecule has 2 rings (SSSR count). The summed E-state index contributed by atoms with van der Waals surface area (Å²) in [6, 6.07) is 9.34. The predicted octanol–water partition coefficient (Wildman–Crippen LogP) is 13.1. The molecule has 0 saturated carbocycles. The van der Waals surface area contributed by atoms with Crippen LogP contribution >= 0.6 is 11.6 Å². The highest BCUT2D eigenvalue weighted by Gasteiger charge is 2.38. The fourth-order valence-corrected chi connectivity index (χ4v) is 4.75. The zero-order valence-electron chi connectivity index (χ0n) is 26.8. The Kier molecular flexibility index (Phi) is 15.7. The Morgan fingerprint density at radius 2 is 1.53 bits per heavy atom. The number of allylic oxidation sites excluding steroid dienone is 5. The molecule has 0 saturated heterocycles. The summed E-state index contributed by atoms with van der Waals surface area (Å²) in [5.74, 6) is -1.70. The van der Waals surface area contributed by atoms with Crippen LogP contribution in [0.3, 0.4) is 0 Å². The van der Waals surface area contributed by atoms with E-state index < -0.39 is 35.3 Å². The second kappa shape index (κ2) is 17.7. The minimum absolute atomic E-state index is 0.0842. The maximum absolute atomic E-state index is 14.6. The quantitative estimate of drug-likeness (QED) is 0.129. The molecule has 1 atom stereocenters. The first kappa shape index (κ1) is 40.1. The van der Waals surface area contributed by atoms with Gasteiger partial charge in [-0.05, 0) is 92.5 Å². The Hall–Kier alpha value is -2.94. The Balaban J connectivity index is 0.000000492. The monoisotopic (exact) mass is 663 g/mol. The van der Waals surface area contributed by atoms with E-state index in [-0.39, 0.29) is 24.1 Å². The highest BCUT2D eigenvalue weighted by molar-refractivity contribution is 6.30. The molecule has 0 aromatic heterocycles. The van der Waals surface area contributed by atoms with Crippen LogP contribution in [0.5, 0.6) is 0 Å². The molecular weight excluding hydrogens is 622 g/mol. The third-order valence-electron chi connectivity index (χ3n) is 7.34. The Morgan fingerprint density at radius 3 is 2.04 bits per heavy atom. The van der Waals surface area contributed by atoms with E-state index in [9.17, 15) is 35.1 Å². The number of benzene rings is 2. The van der Waals surface area contributed by atoms with Gasteiger partial charge in [0.25, 0.3) is 0 Å². The molecule has 0 radical (unpaired) electrons. The molecule has 0 aliphatic rings. The van der Waals surface area contributed by atoms with E-state index in [1.54, 1.807) is 26.0 Å². The third-order valence-corrected chi connectivity index (χ3v) is 7.58. The van der Waals surface area contributed by atoms with Crippen molar-refractivity contribution in [2.75, 3.05) is 0 Å². The second-order valence-electron chi connectivity index (χ2n) is 10.9. The van der Waals surface area contributed by atoms with E-state index in [2.05, 4.69) is 31.5 Å². The number of unbranched alkanes of at least 4 members (excludes halogenated alkanes) is 1. The summed E-state index contributed by atoms with van der Waals surface area (Å²) >= 11 is 6.28. The highest BCUT2D eigenvalue weighted by Crippen LogP contribution is 2.37. The van der Waals surface area contributed by atoms with Crippen LogP contribution in [0.1, 0.15) is 102 Å². The SMILES string of the molecule is C=C(/C=C(\N=C(C)CCC)C(F)(F)F)C(F)(F)F.CCCC/C(=C(/C)C(C)c1ccc(C)c(F)c1F)c1cc(Cl)ccc1CC. The first-order chi connectivity index (χ1) is 20.8. The molecule has 0 aliphatic heterocycles. The number of alkyl halides is 6. The van der Waals surface area contributed by atoms with Gasteiger partial charge < -0.3 is 0 Å². The average molecular weight is 664 g/mol. The van der Waals surface area contributed by atoms with Crippen LogP contribution in [0.4, 0.5) is 35.1 Å². The molecule has 0 N–H and O–H groups in total. The summed E-state index contributed by atoms with van der Waals surface area (Å²) in [4.78, 5) is 3.18. The maximum Gasteiger partial charge on any atom is 0.433 e. The summed E-state index contributed by atoms with van der Waals surface area (Å²) in [6.45, 7) is 15.5. The van der Waals surface area contributed by atoms with Crippen molar-refractivity contribution >= 4 is 22.9 Å². The maximum atomic E-state index is 14.6. The number of nitrogens with zero attached hydrogens (tertiary/aromatic N) is 1. The van der Waals surface area contributed by atoms with Crippen molar-refractivity contribution in [1.29, 1.82) is 0 Å². The third kappa shape index (κ3) is 12.1. The van der Waals surface area contributed by atoms with Crippen molar-refractivity contribution in [3.63, 3.8) is 0 Å². The van der Waals surface area contributed by atoms with Gasteiger partial charge in [-0.3, -0.25) is 4.99 Å². The van der Waals surface area contributed by atoms with E-state index in [4.69, 9.17) is 11.6 Å². The van der Waals surface area contributed by atoms with Crippen molar-refractivity contribution in [2.45, 2.75) is 105 Å². The molecule has 0 aliphatic carbocycles. The van der Waals surface area contributed by atoms with E-state index in [1.165, 1.54) is 18.1 Å². The van der Waals surface area contributed by atoms with E-state index in [0.29, 0.717) is 22.6 Å². The Labute approximate surface area is 266 Å². The summed E-state index contributed by atoms with van der Waals surface area (Å²) in [6.07, 6.45) is -5.17. The molecule has 2 aromatic rings. The summed E-state index contributed by atoms with van der Waals surface area (Å²) in [7, 11) is 0. The molecule has 0 spiro atoms. The largest absolute Gasteiger partial charge is 0.433 e. The van der Waals surface area contributed by atoms with Gasteiger partial charge in [-0.1, -0.05) is 82.5 Å². The van der Waals surface area contributed by atoms with Gasteiger partial charge in [-0.25, -0.2) is 8.78 Å². The van der Waals surface area contributed by atoms with E-state index in [1.807, 2.05) is 26.0 Å².